The number of carbonyl (C=O) groups excluding carboxylic acids is 3. The van der Waals surface area contributed by atoms with Crippen LogP contribution in [0, 0.1) is 6.92 Å². The molecule has 5 rings (SSSR count). The lowest BCUT2D eigenvalue weighted by Crippen LogP contribution is -2.52. The fourth-order valence-electron chi connectivity index (χ4n) is 4.26. The molecule has 0 unspecified atom stereocenters. The van der Waals surface area contributed by atoms with E-state index in [9.17, 15) is 14.4 Å². The van der Waals surface area contributed by atoms with Crippen LogP contribution in [0.2, 0.25) is 0 Å². The number of ketones is 1. The Morgan fingerprint density at radius 1 is 1.00 bits per heavy atom. The summed E-state index contributed by atoms with van der Waals surface area (Å²) in [6, 6.07) is 9.01. The summed E-state index contributed by atoms with van der Waals surface area (Å²) in [6.07, 6.45) is 4.63. The van der Waals surface area contributed by atoms with Crippen LogP contribution < -0.4 is 4.74 Å². The van der Waals surface area contributed by atoms with Gasteiger partial charge in [-0.2, -0.15) is 5.10 Å². The van der Waals surface area contributed by atoms with Gasteiger partial charge in [0.25, 0.3) is 17.6 Å². The zero-order valence-corrected chi connectivity index (χ0v) is 21.7. The van der Waals surface area contributed by atoms with Gasteiger partial charge in [-0.1, -0.05) is 18.2 Å². The Labute approximate surface area is 220 Å². The first-order valence-electron chi connectivity index (χ1n) is 11.2. The Bertz CT molecular complexity index is 1470. The van der Waals surface area contributed by atoms with Crippen molar-refractivity contribution in [2.24, 2.45) is 0 Å². The summed E-state index contributed by atoms with van der Waals surface area (Å²) in [5.41, 5.74) is 1.39. The van der Waals surface area contributed by atoms with Crippen molar-refractivity contribution in [3.63, 3.8) is 0 Å². The van der Waals surface area contributed by atoms with Gasteiger partial charge in [0.15, 0.2) is 5.82 Å². The molecule has 0 spiro atoms. The van der Waals surface area contributed by atoms with Crippen molar-refractivity contribution in [2.75, 3.05) is 33.3 Å². The minimum Gasteiger partial charge on any atom is -0.494 e. The maximum atomic E-state index is 13.4. The van der Waals surface area contributed by atoms with Crippen LogP contribution >= 0.6 is 22.9 Å². The van der Waals surface area contributed by atoms with Crippen molar-refractivity contribution in [1.29, 1.82) is 0 Å². The van der Waals surface area contributed by atoms with Crippen LogP contribution in [0.25, 0.3) is 16.7 Å². The zero-order valence-electron chi connectivity index (χ0n) is 19.6. The second kappa shape index (κ2) is 9.68. The molecule has 0 atom stereocenters. The number of carbonyl (C=O) groups is 3. The lowest BCUT2D eigenvalue weighted by Gasteiger charge is -2.34. The molecule has 1 aliphatic heterocycles. The summed E-state index contributed by atoms with van der Waals surface area (Å²) in [7, 11) is 1.49. The van der Waals surface area contributed by atoms with Crippen molar-refractivity contribution >= 4 is 51.4 Å². The number of piperazine rings is 1. The quantitative estimate of drug-likeness (QED) is 0.197. The monoisotopic (exact) mass is 599 g/mol. The molecule has 0 aliphatic carbocycles. The van der Waals surface area contributed by atoms with E-state index in [0.717, 1.165) is 0 Å². The first kappa shape index (κ1) is 23.9. The van der Waals surface area contributed by atoms with E-state index in [1.54, 1.807) is 32.9 Å². The number of aromatic nitrogens is 5. The highest BCUT2D eigenvalue weighted by Gasteiger charge is 2.32. The first-order valence-corrected chi connectivity index (χ1v) is 12.2. The van der Waals surface area contributed by atoms with Crippen molar-refractivity contribution in [3.8, 4) is 11.6 Å². The van der Waals surface area contributed by atoms with E-state index in [1.165, 1.54) is 29.2 Å². The maximum Gasteiger partial charge on any atom is 0.295 e. The van der Waals surface area contributed by atoms with Crippen LogP contribution in [-0.2, 0) is 4.79 Å². The number of amides is 2. The van der Waals surface area contributed by atoms with Gasteiger partial charge in [0, 0.05) is 37.9 Å². The number of ether oxygens (including phenoxy) is 1. The minimum absolute atomic E-state index is 0.0879. The Morgan fingerprint density at radius 3 is 2.33 bits per heavy atom. The van der Waals surface area contributed by atoms with Crippen LogP contribution in [0.15, 0.2) is 49.1 Å². The van der Waals surface area contributed by atoms with E-state index in [4.69, 9.17) is 4.74 Å². The predicted octanol–water partition coefficient (Wildman–Crippen LogP) is 2.30. The summed E-state index contributed by atoms with van der Waals surface area (Å²) < 4.78 is 8.71. The number of pyridine rings is 1. The molecule has 0 N–H and O–H groups in total. The van der Waals surface area contributed by atoms with Gasteiger partial charge in [-0.3, -0.25) is 17.2 Å². The molecule has 1 aromatic carbocycles. The van der Waals surface area contributed by atoms with Gasteiger partial charge in [-0.05, 0) is 19.1 Å². The van der Waals surface area contributed by atoms with Crippen LogP contribution in [0.5, 0.6) is 5.75 Å². The second-order valence-corrected chi connectivity index (χ2v) is 9.28. The topological polar surface area (TPSA) is 115 Å². The average molecular weight is 599 g/mol. The molecule has 1 aliphatic rings. The van der Waals surface area contributed by atoms with Gasteiger partial charge in [0.2, 0.25) is 0 Å². The predicted molar refractivity (Wildman–Crippen MR) is 139 cm³/mol. The summed E-state index contributed by atoms with van der Waals surface area (Å²) in [5.74, 6) is 0.0424. The van der Waals surface area contributed by atoms with Gasteiger partial charge in [0.05, 0.1) is 47.1 Å². The molecule has 11 nitrogen and oxygen atoms in total. The van der Waals surface area contributed by atoms with Gasteiger partial charge in [-0.15, -0.1) is 0 Å². The largest absolute Gasteiger partial charge is 0.494 e. The fourth-order valence-corrected chi connectivity index (χ4v) is 4.99. The van der Waals surface area contributed by atoms with Crippen molar-refractivity contribution in [1.82, 2.24) is 32.3 Å². The number of halogens is 1. The van der Waals surface area contributed by atoms with Crippen LogP contribution in [-0.4, -0.2) is 83.2 Å². The van der Waals surface area contributed by atoms with Crippen LogP contribution in [0.1, 0.15) is 26.5 Å². The molecule has 2 amide bonds. The number of hydrogen-bond donors (Lipinski definition) is 0. The van der Waals surface area contributed by atoms with Gasteiger partial charge in [-0.25, -0.2) is 14.6 Å². The lowest BCUT2D eigenvalue weighted by molar-refractivity contribution is -0.127. The van der Waals surface area contributed by atoms with Crippen molar-refractivity contribution in [3.05, 3.63) is 66.0 Å². The lowest BCUT2D eigenvalue weighted by atomic mass is 10.1. The molecule has 1 saturated heterocycles. The molecular formula is C24H22IN7O4. The van der Waals surface area contributed by atoms with E-state index in [-0.39, 0.29) is 24.6 Å². The average Bonchev–Trinajstić information content (AvgIpc) is 3.51. The van der Waals surface area contributed by atoms with E-state index in [2.05, 4.69) is 15.1 Å². The van der Waals surface area contributed by atoms with Crippen LogP contribution in [0.4, 0.5) is 0 Å². The minimum atomic E-state index is -0.650. The number of hydrogen-bond acceptors (Lipinski definition) is 7. The van der Waals surface area contributed by atoms with Gasteiger partial charge < -0.3 is 14.5 Å². The first-order chi connectivity index (χ1) is 17.4. The van der Waals surface area contributed by atoms with E-state index in [0.29, 0.717) is 46.9 Å². The Hall–Kier alpha value is -3.81. The summed E-state index contributed by atoms with van der Waals surface area (Å²) in [5, 5.41) is 4.80. The van der Waals surface area contributed by atoms with Crippen molar-refractivity contribution < 1.29 is 19.1 Å². The Kier molecular flexibility index (Phi) is 6.43. The molecule has 12 heteroatoms. The van der Waals surface area contributed by atoms with Gasteiger partial charge >= 0.3 is 0 Å². The summed E-state index contributed by atoms with van der Waals surface area (Å²) in [4.78, 5) is 51.2. The number of fused-ring (bicyclic) bond motifs is 1. The highest BCUT2D eigenvalue weighted by atomic mass is 127. The molecule has 3 aromatic heterocycles. The highest BCUT2D eigenvalue weighted by molar-refractivity contribution is 14.1. The Morgan fingerprint density at radius 2 is 1.69 bits per heavy atom. The summed E-state index contributed by atoms with van der Waals surface area (Å²) in [6.45, 7) is 3.01. The molecule has 36 heavy (non-hydrogen) atoms. The highest BCUT2D eigenvalue weighted by Crippen LogP contribution is 2.35. The molecule has 1 fully saturated rings. The number of benzene rings is 1. The third kappa shape index (κ3) is 4.21. The van der Waals surface area contributed by atoms with Gasteiger partial charge in [0.1, 0.15) is 23.4 Å². The standard InChI is InChI=1S/C24H22IN7O4/c1-15-27-14-32(28-15)22-20-19(18(36-2)12-26-22)17(13-31(20)25)21(33)24(35)30-10-8-29(9-11-30)23(34)16-6-4-3-5-7-16/h3-7,12-14H,8-11H2,1-2H3. The molecule has 4 aromatic rings. The van der Waals surface area contributed by atoms with Crippen LogP contribution in [0.3, 0.4) is 0 Å². The number of rotatable bonds is 5. The molecule has 184 valence electrons. The fraction of sp³-hybridized carbons (Fsp3) is 0.250. The number of Topliss-reactive ketones (excluding diaryl/α,β-unsaturated/α-hetero) is 1. The SMILES string of the molecule is COc1cnc(-n2cnc(C)n2)c2c1c(C(=O)C(=O)N1CCN(C(=O)c3ccccc3)CC1)cn2I. The maximum absolute atomic E-state index is 13.4. The molecular weight excluding hydrogens is 577 g/mol. The van der Waals surface area contributed by atoms with E-state index >= 15 is 0 Å². The van der Waals surface area contributed by atoms with Crippen molar-refractivity contribution in [2.45, 2.75) is 6.92 Å². The smallest absolute Gasteiger partial charge is 0.295 e. The molecule has 0 saturated carbocycles. The second-order valence-electron chi connectivity index (χ2n) is 8.24. The number of methoxy groups -OCH3 is 1. The summed E-state index contributed by atoms with van der Waals surface area (Å²) >= 11 is 2.04. The third-order valence-corrected chi connectivity index (χ3v) is 6.84. The van der Waals surface area contributed by atoms with E-state index in [1.807, 2.05) is 41.1 Å². The third-order valence-electron chi connectivity index (χ3n) is 6.08. The molecule has 0 bridgehead atoms. The number of aryl methyl sites for hydroxylation is 1. The normalized spacial score (nSPS) is 13.8. The van der Waals surface area contributed by atoms with E-state index < -0.39 is 11.7 Å². The molecule has 0 radical (unpaired) electrons. The number of nitrogens with zero attached hydrogens (tertiary/aromatic N) is 7. The zero-order chi connectivity index (χ0) is 25.4. The Balaban J connectivity index is 1.40. The molecule has 4 heterocycles.